The number of carbonyl (C=O) groups excluding carboxylic acids is 1. The summed E-state index contributed by atoms with van der Waals surface area (Å²) in [6, 6.07) is 5.02. The maximum absolute atomic E-state index is 11.0. The van der Waals surface area contributed by atoms with Crippen molar-refractivity contribution in [1.82, 2.24) is 0 Å². The highest BCUT2D eigenvalue weighted by Crippen LogP contribution is 2.15. The number of ether oxygens (including phenoxy) is 2. The molecule has 1 N–H and O–H groups in total. The van der Waals surface area contributed by atoms with Crippen molar-refractivity contribution in [3.8, 4) is 5.75 Å². The van der Waals surface area contributed by atoms with Crippen molar-refractivity contribution in [1.29, 1.82) is 0 Å². The lowest BCUT2D eigenvalue weighted by Gasteiger charge is -2.05. The van der Waals surface area contributed by atoms with E-state index in [9.17, 15) is 13.2 Å². The zero-order chi connectivity index (χ0) is 12.9. The first-order chi connectivity index (χ1) is 7.93. The van der Waals surface area contributed by atoms with Gasteiger partial charge in [-0.05, 0) is 31.2 Å². The van der Waals surface area contributed by atoms with Crippen molar-refractivity contribution in [3.63, 3.8) is 0 Å². The molecule has 0 unspecified atom stereocenters. The first-order valence-corrected chi connectivity index (χ1v) is 6.23. The van der Waals surface area contributed by atoms with Crippen molar-refractivity contribution in [2.75, 3.05) is 13.2 Å². The second kappa shape index (κ2) is 5.65. The summed E-state index contributed by atoms with van der Waals surface area (Å²) in [6.07, 6.45) is 0. The Bertz CT molecular complexity index is 476. The molecule has 0 aliphatic carbocycles. The van der Waals surface area contributed by atoms with Gasteiger partial charge in [0.05, 0.1) is 11.5 Å². The molecule has 1 aromatic rings. The van der Waals surface area contributed by atoms with E-state index in [1.807, 2.05) is 0 Å². The van der Waals surface area contributed by atoms with Gasteiger partial charge in [0.1, 0.15) is 5.75 Å². The van der Waals surface area contributed by atoms with E-state index >= 15 is 0 Å². The third kappa shape index (κ3) is 4.41. The quantitative estimate of drug-likeness (QED) is 0.624. The molecule has 6 nitrogen and oxygen atoms in total. The summed E-state index contributed by atoms with van der Waals surface area (Å²) in [5, 5.41) is 0. The molecule has 0 aliphatic rings. The van der Waals surface area contributed by atoms with Gasteiger partial charge in [0.25, 0.3) is 10.1 Å². The van der Waals surface area contributed by atoms with Gasteiger partial charge in [0.2, 0.25) is 0 Å². The molecular weight excluding hydrogens is 248 g/mol. The fourth-order valence-electron chi connectivity index (χ4n) is 1.05. The summed E-state index contributed by atoms with van der Waals surface area (Å²) in [4.78, 5) is 10.7. The van der Waals surface area contributed by atoms with Gasteiger partial charge in [-0.25, -0.2) is 4.79 Å². The van der Waals surface area contributed by atoms with Crippen molar-refractivity contribution in [2.45, 2.75) is 11.8 Å². The summed E-state index contributed by atoms with van der Waals surface area (Å²) in [7, 11) is -4.21. The summed E-state index contributed by atoms with van der Waals surface area (Å²) in [5.41, 5.74) is 0. The predicted molar refractivity (Wildman–Crippen MR) is 58.4 cm³/mol. The standard InChI is InChI=1S/C10H12O6S/c1-2-15-10(11)7-16-8-3-5-9(6-4-8)17(12,13)14/h3-6H,2,7H2,1H3,(H,12,13,14). The monoisotopic (exact) mass is 260 g/mol. The molecule has 0 aromatic heterocycles. The van der Waals surface area contributed by atoms with E-state index in [1.54, 1.807) is 6.92 Å². The summed E-state index contributed by atoms with van der Waals surface area (Å²) in [5.74, 6) is -0.197. The fourth-order valence-corrected chi connectivity index (χ4v) is 1.53. The van der Waals surface area contributed by atoms with E-state index in [-0.39, 0.29) is 18.1 Å². The SMILES string of the molecule is CCOC(=O)COc1ccc(S(=O)(=O)O)cc1. The second-order valence-electron chi connectivity index (χ2n) is 3.04. The molecule has 0 bridgehead atoms. The highest BCUT2D eigenvalue weighted by atomic mass is 32.2. The van der Waals surface area contributed by atoms with Gasteiger partial charge >= 0.3 is 5.97 Å². The molecule has 0 saturated carbocycles. The molecule has 0 radical (unpaired) electrons. The van der Waals surface area contributed by atoms with Crippen molar-refractivity contribution >= 4 is 16.1 Å². The molecule has 1 aromatic carbocycles. The zero-order valence-electron chi connectivity index (χ0n) is 9.12. The lowest BCUT2D eigenvalue weighted by atomic mass is 10.3. The molecule has 0 heterocycles. The number of hydrogen-bond donors (Lipinski definition) is 1. The molecule has 0 amide bonds. The van der Waals surface area contributed by atoms with Gasteiger partial charge in [0.15, 0.2) is 6.61 Å². The Morgan fingerprint density at radius 2 is 1.88 bits per heavy atom. The summed E-state index contributed by atoms with van der Waals surface area (Å²) >= 11 is 0. The molecule has 0 fully saturated rings. The van der Waals surface area contributed by atoms with Crippen LogP contribution >= 0.6 is 0 Å². The van der Waals surface area contributed by atoms with Gasteiger partial charge < -0.3 is 9.47 Å². The molecule has 0 saturated heterocycles. The largest absolute Gasteiger partial charge is 0.482 e. The van der Waals surface area contributed by atoms with Crippen LogP contribution in [0.1, 0.15) is 6.92 Å². The van der Waals surface area contributed by atoms with Crippen LogP contribution in [-0.2, 0) is 19.6 Å². The van der Waals surface area contributed by atoms with Crippen LogP contribution in [0.25, 0.3) is 0 Å². The summed E-state index contributed by atoms with van der Waals surface area (Å²) in [6.45, 7) is 1.70. The van der Waals surface area contributed by atoms with Crippen LogP contribution in [0.3, 0.4) is 0 Å². The number of rotatable bonds is 5. The molecule has 1 rings (SSSR count). The second-order valence-corrected chi connectivity index (χ2v) is 4.46. The molecule has 0 aliphatic heterocycles. The van der Waals surface area contributed by atoms with Crippen LogP contribution in [-0.4, -0.2) is 32.2 Å². The third-order valence-corrected chi connectivity index (χ3v) is 2.65. The van der Waals surface area contributed by atoms with Crippen molar-refractivity contribution in [3.05, 3.63) is 24.3 Å². The zero-order valence-corrected chi connectivity index (χ0v) is 9.94. The fraction of sp³-hybridized carbons (Fsp3) is 0.300. The molecule has 0 atom stereocenters. The van der Waals surface area contributed by atoms with E-state index in [1.165, 1.54) is 24.3 Å². The van der Waals surface area contributed by atoms with Gasteiger partial charge in [-0.15, -0.1) is 0 Å². The topological polar surface area (TPSA) is 89.9 Å². The minimum atomic E-state index is -4.21. The first-order valence-electron chi connectivity index (χ1n) is 4.79. The number of hydrogen-bond acceptors (Lipinski definition) is 5. The Labute approximate surface area is 98.9 Å². The van der Waals surface area contributed by atoms with E-state index in [2.05, 4.69) is 4.74 Å². The smallest absolute Gasteiger partial charge is 0.344 e. The Balaban J connectivity index is 2.60. The molecule has 17 heavy (non-hydrogen) atoms. The van der Waals surface area contributed by atoms with Gasteiger partial charge in [-0.3, -0.25) is 4.55 Å². The number of carbonyl (C=O) groups is 1. The molecular formula is C10H12O6S. The lowest BCUT2D eigenvalue weighted by Crippen LogP contribution is -2.14. The number of esters is 1. The minimum absolute atomic E-state index is 0.235. The Hall–Kier alpha value is -1.60. The van der Waals surface area contributed by atoms with E-state index in [0.717, 1.165) is 0 Å². The van der Waals surface area contributed by atoms with Crippen molar-refractivity contribution in [2.24, 2.45) is 0 Å². The normalized spacial score (nSPS) is 10.9. The van der Waals surface area contributed by atoms with Crippen LogP contribution in [0, 0.1) is 0 Å². The molecule has 0 spiro atoms. The van der Waals surface area contributed by atoms with E-state index < -0.39 is 16.1 Å². The average Bonchev–Trinajstić information content (AvgIpc) is 2.26. The Morgan fingerprint density at radius 1 is 1.29 bits per heavy atom. The maximum Gasteiger partial charge on any atom is 0.344 e. The van der Waals surface area contributed by atoms with Crippen LogP contribution in [0.15, 0.2) is 29.2 Å². The maximum atomic E-state index is 11.0. The predicted octanol–water partition coefficient (Wildman–Crippen LogP) is 0.875. The van der Waals surface area contributed by atoms with Crippen LogP contribution < -0.4 is 4.74 Å². The minimum Gasteiger partial charge on any atom is -0.482 e. The van der Waals surface area contributed by atoms with Crippen LogP contribution in [0.4, 0.5) is 0 Å². The van der Waals surface area contributed by atoms with Gasteiger partial charge in [-0.1, -0.05) is 0 Å². The molecule has 7 heteroatoms. The lowest BCUT2D eigenvalue weighted by molar-refractivity contribution is -0.145. The van der Waals surface area contributed by atoms with E-state index in [0.29, 0.717) is 5.75 Å². The average molecular weight is 260 g/mol. The van der Waals surface area contributed by atoms with Crippen LogP contribution in [0.5, 0.6) is 5.75 Å². The summed E-state index contributed by atoms with van der Waals surface area (Å²) < 4.78 is 39.9. The van der Waals surface area contributed by atoms with Gasteiger partial charge in [0, 0.05) is 0 Å². The molecule has 94 valence electrons. The number of benzene rings is 1. The highest BCUT2D eigenvalue weighted by Gasteiger charge is 2.09. The Morgan fingerprint density at radius 3 is 2.35 bits per heavy atom. The van der Waals surface area contributed by atoms with Gasteiger partial charge in [-0.2, -0.15) is 8.42 Å². The van der Waals surface area contributed by atoms with E-state index in [4.69, 9.17) is 9.29 Å². The Kier molecular flexibility index (Phi) is 4.47. The van der Waals surface area contributed by atoms with Crippen LogP contribution in [0.2, 0.25) is 0 Å². The van der Waals surface area contributed by atoms with Crippen molar-refractivity contribution < 1.29 is 27.2 Å². The highest BCUT2D eigenvalue weighted by molar-refractivity contribution is 7.85. The third-order valence-electron chi connectivity index (χ3n) is 1.78. The first kappa shape index (κ1) is 13.5.